The average molecular weight is 197 g/mol. The maximum Gasteiger partial charge on any atom is 0.241 e. The van der Waals surface area contributed by atoms with Gasteiger partial charge in [0.1, 0.15) is 12.0 Å². The molecule has 0 saturated heterocycles. The van der Waals surface area contributed by atoms with Gasteiger partial charge in [-0.15, -0.1) is 0 Å². The highest BCUT2D eigenvalue weighted by molar-refractivity contribution is 5.94. The summed E-state index contributed by atoms with van der Waals surface area (Å²) in [5.41, 5.74) is 6.26. The van der Waals surface area contributed by atoms with Crippen molar-refractivity contribution in [2.45, 2.75) is 26.3 Å². The lowest BCUT2D eigenvalue weighted by atomic mass is 9.99. The highest BCUT2D eigenvalue weighted by Gasteiger charge is 2.19. The molecule has 0 saturated carbocycles. The molecule has 1 amide bonds. The van der Waals surface area contributed by atoms with Crippen LogP contribution >= 0.6 is 0 Å². The molecule has 0 aliphatic heterocycles. The Labute approximate surface area is 82.6 Å². The van der Waals surface area contributed by atoms with E-state index in [0.717, 1.165) is 6.42 Å². The van der Waals surface area contributed by atoms with E-state index in [2.05, 4.69) is 15.0 Å². The van der Waals surface area contributed by atoms with Crippen molar-refractivity contribution in [2.75, 3.05) is 5.32 Å². The number of anilines is 1. The molecule has 3 N–H and O–H groups in total. The molecule has 0 aromatic carbocycles. The SMILES string of the molecule is CCC(C)C(N)C(=O)Nc1cnoc1. The predicted molar refractivity (Wildman–Crippen MR) is 52.6 cm³/mol. The van der Waals surface area contributed by atoms with Crippen LogP contribution in [0.1, 0.15) is 20.3 Å². The van der Waals surface area contributed by atoms with Gasteiger partial charge in [-0.2, -0.15) is 0 Å². The quantitative estimate of drug-likeness (QED) is 0.754. The first-order valence-corrected chi connectivity index (χ1v) is 4.61. The second-order valence-electron chi connectivity index (χ2n) is 3.31. The van der Waals surface area contributed by atoms with Gasteiger partial charge in [0.25, 0.3) is 0 Å². The van der Waals surface area contributed by atoms with Crippen molar-refractivity contribution < 1.29 is 9.32 Å². The number of carbonyl (C=O) groups excluding carboxylic acids is 1. The molecule has 1 rings (SSSR count). The second-order valence-corrected chi connectivity index (χ2v) is 3.31. The first kappa shape index (κ1) is 10.7. The van der Waals surface area contributed by atoms with E-state index in [1.165, 1.54) is 12.5 Å². The zero-order valence-electron chi connectivity index (χ0n) is 8.36. The van der Waals surface area contributed by atoms with Gasteiger partial charge >= 0.3 is 0 Å². The lowest BCUT2D eigenvalue weighted by Gasteiger charge is -2.16. The molecule has 0 aliphatic carbocycles. The van der Waals surface area contributed by atoms with Gasteiger partial charge in [-0.05, 0) is 5.92 Å². The maximum atomic E-state index is 11.5. The Morgan fingerprint density at radius 2 is 2.50 bits per heavy atom. The van der Waals surface area contributed by atoms with Crippen LogP contribution in [0, 0.1) is 5.92 Å². The number of hydrogen-bond donors (Lipinski definition) is 2. The van der Waals surface area contributed by atoms with Gasteiger partial charge in [0.05, 0.1) is 12.2 Å². The van der Waals surface area contributed by atoms with E-state index in [9.17, 15) is 4.79 Å². The number of nitrogens with two attached hydrogens (primary N) is 1. The molecular weight excluding hydrogens is 182 g/mol. The largest absolute Gasteiger partial charge is 0.363 e. The molecule has 1 aromatic heterocycles. The predicted octanol–water partition coefficient (Wildman–Crippen LogP) is 0.986. The van der Waals surface area contributed by atoms with Gasteiger partial charge < -0.3 is 15.6 Å². The van der Waals surface area contributed by atoms with Crippen LogP contribution < -0.4 is 11.1 Å². The van der Waals surface area contributed by atoms with Gasteiger partial charge in [-0.25, -0.2) is 0 Å². The third-order valence-corrected chi connectivity index (χ3v) is 2.26. The van der Waals surface area contributed by atoms with Gasteiger partial charge in [0, 0.05) is 0 Å². The van der Waals surface area contributed by atoms with Crippen LogP contribution in [-0.2, 0) is 4.79 Å². The summed E-state index contributed by atoms with van der Waals surface area (Å²) in [5.74, 6) is -0.0441. The number of rotatable bonds is 4. The standard InChI is InChI=1S/C9H15N3O2/c1-3-6(2)8(10)9(13)12-7-4-11-14-5-7/h4-6,8H,3,10H2,1-2H3,(H,12,13). The van der Waals surface area contributed by atoms with Crippen LogP contribution in [0.4, 0.5) is 5.69 Å². The first-order valence-electron chi connectivity index (χ1n) is 4.61. The number of hydrogen-bond acceptors (Lipinski definition) is 4. The van der Waals surface area contributed by atoms with Crippen molar-refractivity contribution in [1.29, 1.82) is 0 Å². The smallest absolute Gasteiger partial charge is 0.241 e. The summed E-state index contributed by atoms with van der Waals surface area (Å²) in [6, 6.07) is -0.491. The van der Waals surface area contributed by atoms with Crippen molar-refractivity contribution in [2.24, 2.45) is 11.7 Å². The average Bonchev–Trinajstić information content (AvgIpc) is 2.68. The first-order chi connectivity index (χ1) is 6.65. The fourth-order valence-corrected chi connectivity index (χ4v) is 1.00. The lowest BCUT2D eigenvalue weighted by molar-refractivity contribution is -0.118. The summed E-state index contributed by atoms with van der Waals surface area (Å²) in [6.45, 7) is 3.94. The van der Waals surface area contributed by atoms with Crippen molar-refractivity contribution in [3.63, 3.8) is 0 Å². The zero-order valence-corrected chi connectivity index (χ0v) is 8.36. The zero-order chi connectivity index (χ0) is 10.6. The van der Waals surface area contributed by atoms with Gasteiger partial charge in [0.2, 0.25) is 5.91 Å². The fourth-order valence-electron chi connectivity index (χ4n) is 1.00. The molecule has 0 fully saturated rings. The second kappa shape index (κ2) is 4.76. The summed E-state index contributed by atoms with van der Waals surface area (Å²) in [5, 5.41) is 6.09. The molecule has 78 valence electrons. The molecular formula is C9H15N3O2. The molecule has 5 nitrogen and oxygen atoms in total. The summed E-state index contributed by atoms with van der Waals surface area (Å²) in [6.07, 6.45) is 3.67. The van der Waals surface area contributed by atoms with E-state index in [1.54, 1.807) is 0 Å². The highest BCUT2D eigenvalue weighted by atomic mass is 16.5. The Morgan fingerprint density at radius 3 is 3.00 bits per heavy atom. The van der Waals surface area contributed by atoms with E-state index >= 15 is 0 Å². The van der Waals surface area contributed by atoms with Crippen LogP contribution in [0.25, 0.3) is 0 Å². The summed E-state index contributed by atoms with van der Waals surface area (Å²) in [7, 11) is 0. The molecule has 1 aromatic rings. The molecule has 0 aliphatic rings. The number of nitrogens with zero attached hydrogens (tertiary/aromatic N) is 1. The van der Waals surface area contributed by atoms with Crippen LogP contribution in [0.2, 0.25) is 0 Å². The highest BCUT2D eigenvalue weighted by Crippen LogP contribution is 2.09. The number of aromatic nitrogens is 1. The Hall–Kier alpha value is -1.36. The molecule has 1 heterocycles. The minimum Gasteiger partial charge on any atom is -0.363 e. The van der Waals surface area contributed by atoms with Crippen LogP contribution in [-0.4, -0.2) is 17.1 Å². The molecule has 14 heavy (non-hydrogen) atoms. The van der Waals surface area contributed by atoms with Crippen molar-refractivity contribution in [3.8, 4) is 0 Å². The molecule has 0 radical (unpaired) electrons. The number of nitrogens with one attached hydrogen (secondary N) is 1. The van der Waals surface area contributed by atoms with E-state index in [-0.39, 0.29) is 11.8 Å². The Balaban J connectivity index is 2.50. The van der Waals surface area contributed by atoms with Gasteiger partial charge in [-0.3, -0.25) is 4.79 Å². The third-order valence-electron chi connectivity index (χ3n) is 2.26. The van der Waals surface area contributed by atoms with E-state index in [4.69, 9.17) is 5.73 Å². The monoisotopic (exact) mass is 197 g/mol. The van der Waals surface area contributed by atoms with Crippen molar-refractivity contribution in [3.05, 3.63) is 12.5 Å². The molecule has 0 spiro atoms. The molecule has 2 atom stereocenters. The third kappa shape index (κ3) is 2.56. The lowest BCUT2D eigenvalue weighted by Crippen LogP contribution is -2.40. The topological polar surface area (TPSA) is 81.2 Å². The van der Waals surface area contributed by atoms with E-state index in [1.807, 2.05) is 13.8 Å². The summed E-state index contributed by atoms with van der Waals surface area (Å²) >= 11 is 0. The van der Waals surface area contributed by atoms with Crippen LogP contribution in [0.5, 0.6) is 0 Å². The molecule has 0 bridgehead atoms. The fraction of sp³-hybridized carbons (Fsp3) is 0.556. The Kier molecular flexibility index (Phi) is 3.64. The van der Waals surface area contributed by atoms with Crippen LogP contribution in [0.3, 0.4) is 0 Å². The summed E-state index contributed by atoms with van der Waals surface area (Å²) < 4.78 is 4.58. The molecule has 5 heteroatoms. The number of carbonyl (C=O) groups is 1. The van der Waals surface area contributed by atoms with Crippen molar-refractivity contribution >= 4 is 11.6 Å². The number of amides is 1. The maximum absolute atomic E-state index is 11.5. The minimum atomic E-state index is -0.491. The van der Waals surface area contributed by atoms with Crippen molar-refractivity contribution in [1.82, 2.24) is 5.16 Å². The molecule has 2 unspecified atom stereocenters. The van der Waals surface area contributed by atoms with Gasteiger partial charge in [0.15, 0.2) is 0 Å². The van der Waals surface area contributed by atoms with E-state index < -0.39 is 6.04 Å². The Morgan fingerprint density at radius 1 is 1.79 bits per heavy atom. The summed E-state index contributed by atoms with van der Waals surface area (Å²) in [4.78, 5) is 11.5. The van der Waals surface area contributed by atoms with Crippen LogP contribution in [0.15, 0.2) is 17.0 Å². The van der Waals surface area contributed by atoms with E-state index in [0.29, 0.717) is 5.69 Å². The Bertz CT molecular complexity index is 284. The van der Waals surface area contributed by atoms with Gasteiger partial charge in [-0.1, -0.05) is 25.4 Å². The normalized spacial score (nSPS) is 14.8. The minimum absolute atomic E-state index is 0.162.